The predicted octanol–water partition coefficient (Wildman–Crippen LogP) is 1.73. The third kappa shape index (κ3) is 4.32. The summed E-state index contributed by atoms with van der Waals surface area (Å²) in [6, 6.07) is 10.7. The molecule has 1 aromatic carbocycles. The summed E-state index contributed by atoms with van der Waals surface area (Å²) >= 11 is 0. The first-order valence-corrected chi connectivity index (χ1v) is 10.2. The van der Waals surface area contributed by atoms with Gasteiger partial charge < -0.3 is 4.74 Å². The highest BCUT2D eigenvalue weighted by Gasteiger charge is 2.31. The Morgan fingerprint density at radius 3 is 2.74 bits per heavy atom. The van der Waals surface area contributed by atoms with E-state index in [1.165, 1.54) is 11.8 Å². The molecule has 0 amide bonds. The van der Waals surface area contributed by atoms with Crippen molar-refractivity contribution in [1.82, 2.24) is 9.21 Å². The van der Waals surface area contributed by atoms with Crippen LogP contribution in [0.5, 0.6) is 0 Å². The number of ether oxygens (including phenoxy) is 1. The molecule has 5 nitrogen and oxygen atoms in total. The van der Waals surface area contributed by atoms with Crippen LogP contribution in [0.1, 0.15) is 24.4 Å². The van der Waals surface area contributed by atoms with Crippen LogP contribution in [0.4, 0.5) is 0 Å². The molecule has 128 valence electrons. The molecule has 2 aliphatic rings. The largest absolute Gasteiger partial charge is 0.378 e. The maximum atomic E-state index is 11.8. The van der Waals surface area contributed by atoms with Gasteiger partial charge in [0.25, 0.3) is 0 Å². The van der Waals surface area contributed by atoms with Gasteiger partial charge in [0.05, 0.1) is 25.5 Å². The molecule has 23 heavy (non-hydrogen) atoms. The average molecular weight is 338 g/mol. The minimum Gasteiger partial charge on any atom is -0.378 e. The maximum Gasteiger partial charge on any atom is 0.211 e. The minimum atomic E-state index is -3.08. The van der Waals surface area contributed by atoms with E-state index >= 15 is 0 Å². The van der Waals surface area contributed by atoms with Gasteiger partial charge in [-0.15, -0.1) is 0 Å². The Kier molecular flexibility index (Phi) is 5.36. The Hall–Kier alpha value is -0.950. The van der Waals surface area contributed by atoms with Crippen LogP contribution < -0.4 is 0 Å². The molecule has 2 fully saturated rings. The number of piperidine rings is 1. The van der Waals surface area contributed by atoms with Gasteiger partial charge in [-0.05, 0) is 24.3 Å². The molecule has 2 atom stereocenters. The summed E-state index contributed by atoms with van der Waals surface area (Å²) < 4.78 is 30.9. The number of sulfonamides is 1. The number of hydrogen-bond donors (Lipinski definition) is 0. The summed E-state index contributed by atoms with van der Waals surface area (Å²) in [6.07, 6.45) is 3.37. The number of benzene rings is 1. The van der Waals surface area contributed by atoms with Crippen LogP contribution in [0.2, 0.25) is 0 Å². The Balaban J connectivity index is 1.67. The van der Waals surface area contributed by atoms with E-state index in [-0.39, 0.29) is 6.04 Å². The Labute approximate surface area is 139 Å². The van der Waals surface area contributed by atoms with Crippen LogP contribution in [-0.4, -0.2) is 63.3 Å². The quantitative estimate of drug-likeness (QED) is 0.839. The Morgan fingerprint density at radius 2 is 2.00 bits per heavy atom. The van der Waals surface area contributed by atoms with Crippen LogP contribution >= 0.6 is 0 Å². The van der Waals surface area contributed by atoms with Gasteiger partial charge in [0.2, 0.25) is 10.0 Å². The first-order valence-electron chi connectivity index (χ1n) is 8.36. The van der Waals surface area contributed by atoms with E-state index in [2.05, 4.69) is 29.2 Å². The molecular formula is C17H26N2O3S. The molecule has 0 N–H and O–H groups in total. The fourth-order valence-corrected chi connectivity index (χ4v) is 4.59. The van der Waals surface area contributed by atoms with E-state index in [1.807, 2.05) is 6.07 Å². The molecule has 0 radical (unpaired) electrons. The van der Waals surface area contributed by atoms with Crippen molar-refractivity contribution < 1.29 is 13.2 Å². The lowest BCUT2D eigenvalue weighted by molar-refractivity contribution is -0.0185. The molecule has 3 rings (SSSR count). The van der Waals surface area contributed by atoms with Gasteiger partial charge in [-0.2, -0.15) is 0 Å². The van der Waals surface area contributed by atoms with Crippen LogP contribution in [-0.2, 0) is 14.8 Å². The van der Waals surface area contributed by atoms with Gasteiger partial charge in [-0.3, -0.25) is 4.90 Å². The molecule has 0 spiro atoms. The van der Waals surface area contributed by atoms with Gasteiger partial charge in [-0.1, -0.05) is 30.3 Å². The standard InChI is InChI=1S/C17H26N2O3S/c1-23(20,21)19-9-5-6-15(13-19)12-18-10-11-22-14-17(18)16-7-3-2-4-8-16/h2-4,7-8,15,17H,5-6,9-14H2,1H3/t15-,17+/m1/s1. The number of morpholine rings is 1. The zero-order valence-electron chi connectivity index (χ0n) is 13.7. The molecule has 2 saturated heterocycles. The first kappa shape index (κ1) is 16.9. The van der Waals surface area contributed by atoms with Crippen LogP contribution in [0.25, 0.3) is 0 Å². The lowest BCUT2D eigenvalue weighted by atomic mass is 9.96. The molecule has 0 saturated carbocycles. The summed E-state index contributed by atoms with van der Waals surface area (Å²) in [7, 11) is -3.08. The van der Waals surface area contributed by atoms with Gasteiger partial charge >= 0.3 is 0 Å². The molecule has 6 heteroatoms. The second-order valence-electron chi connectivity index (χ2n) is 6.63. The number of nitrogens with zero attached hydrogens (tertiary/aromatic N) is 2. The lowest BCUT2D eigenvalue weighted by Gasteiger charge is -2.40. The van der Waals surface area contributed by atoms with Crippen LogP contribution in [0, 0.1) is 5.92 Å². The first-order chi connectivity index (χ1) is 11.0. The monoisotopic (exact) mass is 338 g/mol. The molecule has 0 aromatic heterocycles. The van der Waals surface area contributed by atoms with Gasteiger partial charge in [0, 0.05) is 26.2 Å². The van der Waals surface area contributed by atoms with E-state index in [0.29, 0.717) is 25.6 Å². The van der Waals surface area contributed by atoms with E-state index in [4.69, 9.17) is 4.74 Å². The van der Waals surface area contributed by atoms with E-state index in [9.17, 15) is 8.42 Å². The van der Waals surface area contributed by atoms with Crippen molar-refractivity contribution >= 4 is 10.0 Å². The highest BCUT2D eigenvalue weighted by atomic mass is 32.2. The highest BCUT2D eigenvalue weighted by molar-refractivity contribution is 7.88. The third-order valence-electron chi connectivity index (χ3n) is 4.87. The molecule has 0 aliphatic carbocycles. The fraction of sp³-hybridized carbons (Fsp3) is 0.647. The Bertz CT molecular complexity index is 606. The van der Waals surface area contributed by atoms with Gasteiger partial charge in [-0.25, -0.2) is 12.7 Å². The van der Waals surface area contributed by atoms with E-state index in [1.54, 1.807) is 4.31 Å². The maximum absolute atomic E-state index is 11.8. The SMILES string of the molecule is CS(=O)(=O)N1CCC[C@H](CN2CCOC[C@H]2c2ccccc2)C1. The second kappa shape index (κ2) is 7.30. The topological polar surface area (TPSA) is 49.9 Å². The van der Waals surface area contributed by atoms with E-state index in [0.717, 1.165) is 32.5 Å². The molecule has 2 heterocycles. The molecule has 0 unspecified atom stereocenters. The molecule has 1 aromatic rings. The summed E-state index contributed by atoms with van der Waals surface area (Å²) in [6.45, 7) is 4.64. The smallest absolute Gasteiger partial charge is 0.211 e. The molecular weight excluding hydrogens is 312 g/mol. The molecule has 2 aliphatic heterocycles. The van der Waals surface area contributed by atoms with Crippen molar-refractivity contribution in [3.8, 4) is 0 Å². The fourth-order valence-electron chi connectivity index (χ4n) is 3.65. The van der Waals surface area contributed by atoms with Crippen LogP contribution in [0.3, 0.4) is 0 Å². The van der Waals surface area contributed by atoms with Crippen molar-refractivity contribution in [1.29, 1.82) is 0 Å². The normalized spacial score (nSPS) is 27.9. The van der Waals surface area contributed by atoms with Crippen molar-refractivity contribution in [2.45, 2.75) is 18.9 Å². The third-order valence-corrected chi connectivity index (χ3v) is 6.14. The average Bonchev–Trinajstić information content (AvgIpc) is 2.56. The number of rotatable bonds is 4. The second-order valence-corrected chi connectivity index (χ2v) is 8.61. The number of hydrogen-bond acceptors (Lipinski definition) is 4. The van der Waals surface area contributed by atoms with Crippen molar-refractivity contribution in [3.05, 3.63) is 35.9 Å². The van der Waals surface area contributed by atoms with E-state index < -0.39 is 10.0 Å². The van der Waals surface area contributed by atoms with Crippen molar-refractivity contribution in [2.24, 2.45) is 5.92 Å². The predicted molar refractivity (Wildman–Crippen MR) is 90.7 cm³/mol. The zero-order chi connectivity index (χ0) is 16.3. The van der Waals surface area contributed by atoms with Crippen molar-refractivity contribution in [3.63, 3.8) is 0 Å². The molecule has 0 bridgehead atoms. The summed E-state index contributed by atoms with van der Waals surface area (Å²) in [4.78, 5) is 2.47. The minimum absolute atomic E-state index is 0.276. The van der Waals surface area contributed by atoms with Gasteiger partial charge in [0.1, 0.15) is 0 Å². The summed E-state index contributed by atoms with van der Waals surface area (Å²) in [5.41, 5.74) is 1.28. The van der Waals surface area contributed by atoms with Gasteiger partial charge in [0.15, 0.2) is 0 Å². The van der Waals surface area contributed by atoms with Crippen LogP contribution in [0.15, 0.2) is 30.3 Å². The van der Waals surface area contributed by atoms with Crippen molar-refractivity contribution in [2.75, 3.05) is 45.6 Å². The zero-order valence-corrected chi connectivity index (χ0v) is 14.5. The summed E-state index contributed by atoms with van der Waals surface area (Å²) in [5, 5.41) is 0. The lowest BCUT2D eigenvalue weighted by Crippen LogP contribution is -2.47. The Morgan fingerprint density at radius 1 is 1.22 bits per heavy atom. The summed E-state index contributed by atoms with van der Waals surface area (Å²) in [5.74, 6) is 0.405. The highest BCUT2D eigenvalue weighted by Crippen LogP contribution is 2.27.